The predicted molar refractivity (Wildman–Crippen MR) is 130 cm³/mol. The van der Waals surface area contributed by atoms with Crippen LogP contribution in [0.15, 0.2) is 72.8 Å². The maximum Gasteiger partial charge on any atom is 0.339 e. The van der Waals surface area contributed by atoms with Gasteiger partial charge in [-0.2, -0.15) is 0 Å². The van der Waals surface area contributed by atoms with Crippen LogP contribution in [0.1, 0.15) is 44.1 Å². The summed E-state index contributed by atoms with van der Waals surface area (Å²) < 4.78 is 21.5. The average Bonchev–Trinajstić information content (AvgIpc) is 2.90. The number of methoxy groups -OCH3 is 2. The van der Waals surface area contributed by atoms with E-state index in [2.05, 4.69) is 0 Å². The summed E-state index contributed by atoms with van der Waals surface area (Å²) in [6.07, 6.45) is -1.42. The summed E-state index contributed by atoms with van der Waals surface area (Å²) in [6.45, 7) is 0. The molecule has 0 heterocycles. The van der Waals surface area contributed by atoms with Crippen LogP contribution in [0, 0.1) is 0 Å². The molecule has 0 radical (unpaired) electrons. The Hall–Kier alpha value is -3.22. The second kappa shape index (κ2) is 12.3. The van der Waals surface area contributed by atoms with Crippen LogP contribution in [-0.2, 0) is 9.47 Å². The lowest BCUT2D eigenvalue weighted by Gasteiger charge is -2.19. The molecule has 0 aliphatic heterocycles. The largest absolute Gasteiger partial charge is 0.497 e. The summed E-state index contributed by atoms with van der Waals surface area (Å²) in [5.74, 6) is 0.0265. The van der Waals surface area contributed by atoms with Crippen LogP contribution in [0.25, 0.3) is 0 Å². The first-order chi connectivity index (χ1) is 16.5. The van der Waals surface area contributed by atoms with Crippen molar-refractivity contribution in [3.63, 3.8) is 0 Å². The number of esters is 2. The molecule has 34 heavy (non-hydrogen) atoms. The Balaban J connectivity index is 1.77. The summed E-state index contributed by atoms with van der Waals surface area (Å²) >= 11 is 12.1. The van der Waals surface area contributed by atoms with E-state index in [9.17, 15) is 9.59 Å². The summed E-state index contributed by atoms with van der Waals surface area (Å²) in [4.78, 5) is 26.0. The Bertz CT molecular complexity index is 1010. The van der Waals surface area contributed by atoms with Crippen LogP contribution in [0.4, 0.5) is 0 Å². The Kier molecular flexibility index (Phi) is 9.19. The van der Waals surface area contributed by atoms with E-state index in [1.54, 1.807) is 74.9 Å². The van der Waals surface area contributed by atoms with Crippen LogP contribution in [0.5, 0.6) is 11.5 Å². The number of carbonyl (C=O) groups excluding carboxylic acids is 2. The highest BCUT2D eigenvalue weighted by molar-refractivity contribution is 6.18. The lowest BCUT2D eigenvalue weighted by Crippen LogP contribution is -2.19. The van der Waals surface area contributed by atoms with Crippen LogP contribution in [0.2, 0.25) is 0 Å². The summed E-state index contributed by atoms with van der Waals surface area (Å²) in [5.41, 5.74) is 1.54. The molecule has 8 heteroatoms. The molecule has 0 fully saturated rings. The van der Waals surface area contributed by atoms with Crippen molar-refractivity contribution in [3.8, 4) is 11.5 Å². The van der Waals surface area contributed by atoms with Crippen molar-refractivity contribution in [3.05, 3.63) is 95.1 Å². The van der Waals surface area contributed by atoms with E-state index >= 15 is 0 Å². The number of rotatable bonds is 10. The quantitative estimate of drug-likeness (QED) is 0.251. The third-order valence-electron chi connectivity index (χ3n) is 5.12. The van der Waals surface area contributed by atoms with Crippen LogP contribution < -0.4 is 9.47 Å². The Morgan fingerprint density at radius 1 is 0.647 bits per heavy atom. The third kappa shape index (κ3) is 6.22. The number of carbonyl (C=O) groups is 2. The Labute approximate surface area is 208 Å². The number of hydrogen-bond acceptors (Lipinski definition) is 6. The van der Waals surface area contributed by atoms with Gasteiger partial charge in [0.15, 0.2) is 0 Å². The van der Waals surface area contributed by atoms with Gasteiger partial charge in [0, 0.05) is 0 Å². The summed E-state index contributed by atoms with van der Waals surface area (Å²) in [7, 11) is 3.13. The molecule has 6 nitrogen and oxygen atoms in total. The molecule has 0 saturated carbocycles. The molecule has 0 spiro atoms. The Morgan fingerprint density at radius 2 is 1.00 bits per heavy atom. The van der Waals surface area contributed by atoms with Crippen LogP contribution in [0.3, 0.4) is 0 Å². The van der Waals surface area contributed by atoms with Gasteiger partial charge in [0.25, 0.3) is 0 Å². The second-order valence-electron chi connectivity index (χ2n) is 7.19. The van der Waals surface area contributed by atoms with Gasteiger partial charge in [0.05, 0.1) is 37.1 Å². The SMILES string of the molecule is COc1ccc(C(CCl)OC(=O)c2ccccc2C(=O)OC(CCl)c2ccc(OC)cc2)cc1. The van der Waals surface area contributed by atoms with Gasteiger partial charge in [0.2, 0.25) is 0 Å². The first-order valence-electron chi connectivity index (χ1n) is 10.4. The number of ether oxygens (including phenoxy) is 4. The van der Waals surface area contributed by atoms with E-state index in [1.807, 2.05) is 0 Å². The minimum absolute atomic E-state index is 0.0382. The lowest BCUT2D eigenvalue weighted by atomic mass is 10.1. The van der Waals surface area contributed by atoms with Crippen molar-refractivity contribution < 1.29 is 28.5 Å². The van der Waals surface area contributed by atoms with E-state index in [0.717, 1.165) is 0 Å². The third-order valence-corrected chi connectivity index (χ3v) is 5.68. The second-order valence-corrected chi connectivity index (χ2v) is 7.81. The molecular weight excluding hydrogens is 479 g/mol. The van der Waals surface area contributed by atoms with Gasteiger partial charge in [-0.1, -0.05) is 36.4 Å². The normalized spacial score (nSPS) is 12.4. The molecule has 0 amide bonds. The van der Waals surface area contributed by atoms with E-state index in [-0.39, 0.29) is 22.9 Å². The fourth-order valence-corrected chi connectivity index (χ4v) is 3.72. The zero-order chi connectivity index (χ0) is 24.5. The summed E-state index contributed by atoms with van der Waals surface area (Å²) in [6, 6.07) is 20.3. The number of benzene rings is 3. The molecule has 0 aliphatic carbocycles. The molecule has 3 aromatic carbocycles. The van der Waals surface area contributed by atoms with Gasteiger partial charge < -0.3 is 18.9 Å². The van der Waals surface area contributed by atoms with E-state index < -0.39 is 24.1 Å². The molecule has 3 aromatic rings. The topological polar surface area (TPSA) is 71.1 Å². The highest BCUT2D eigenvalue weighted by atomic mass is 35.5. The van der Waals surface area contributed by atoms with Gasteiger partial charge in [-0.05, 0) is 47.5 Å². The molecule has 3 rings (SSSR count). The molecule has 2 unspecified atom stereocenters. The smallest absolute Gasteiger partial charge is 0.339 e. The Morgan fingerprint density at radius 3 is 1.29 bits per heavy atom. The van der Waals surface area contributed by atoms with Gasteiger partial charge >= 0.3 is 11.9 Å². The molecule has 178 valence electrons. The minimum atomic E-state index is -0.709. The lowest BCUT2D eigenvalue weighted by molar-refractivity contribution is 0.0295. The van der Waals surface area contributed by atoms with Gasteiger partial charge in [0.1, 0.15) is 23.7 Å². The highest BCUT2D eigenvalue weighted by Gasteiger charge is 2.25. The monoisotopic (exact) mass is 502 g/mol. The van der Waals surface area contributed by atoms with Crippen molar-refractivity contribution in [2.24, 2.45) is 0 Å². The fraction of sp³-hybridized carbons (Fsp3) is 0.231. The fourth-order valence-electron chi connectivity index (χ4n) is 3.24. The standard InChI is InChI=1S/C26H24Cl2O6/c1-31-19-11-7-17(8-12-19)23(15-27)33-25(29)21-5-3-4-6-22(21)26(30)34-24(16-28)18-9-13-20(32-2)14-10-18/h3-14,23-24H,15-16H2,1-2H3. The molecule has 0 saturated heterocycles. The average molecular weight is 503 g/mol. The number of halogens is 2. The number of hydrogen-bond donors (Lipinski definition) is 0. The molecule has 0 bridgehead atoms. The van der Waals surface area contributed by atoms with Crippen LogP contribution >= 0.6 is 23.2 Å². The minimum Gasteiger partial charge on any atom is -0.497 e. The van der Waals surface area contributed by atoms with Crippen molar-refractivity contribution >= 4 is 35.1 Å². The first kappa shape index (κ1) is 25.4. The van der Waals surface area contributed by atoms with Gasteiger partial charge in [-0.25, -0.2) is 9.59 Å². The van der Waals surface area contributed by atoms with E-state index in [0.29, 0.717) is 22.6 Å². The maximum atomic E-state index is 13.0. The molecule has 2 atom stereocenters. The number of alkyl halides is 2. The van der Waals surface area contributed by atoms with Crippen molar-refractivity contribution in [2.45, 2.75) is 12.2 Å². The maximum absolute atomic E-state index is 13.0. The zero-order valence-corrected chi connectivity index (χ0v) is 20.2. The van der Waals surface area contributed by atoms with Gasteiger partial charge in [-0.3, -0.25) is 0 Å². The molecule has 0 aliphatic rings. The zero-order valence-electron chi connectivity index (χ0n) is 18.7. The van der Waals surface area contributed by atoms with Crippen molar-refractivity contribution in [2.75, 3.05) is 26.0 Å². The van der Waals surface area contributed by atoms with Crippen molar-refractivity contribution in [1.82, 2.24) is 0 Å². The molecule has 0 aromatic heterocycles. The van der Waals surface area contributed by atoms with Gasteiger partial charge in [-0.15, -0.1) is 23.2 Å². The summed E-state index contributed by atoms with van der Waals surface area (Å²) in [5, 5.41) is 0. The van der Waals surface area contributed by atoms with E-state index in [4.69, 9.17) is 42.1 Å². The molecular formula is C26H24Cl2O6. The predicted octanol–water partition coefficient (Wildman–Crippen LogP) is 5.98. The van der Waals surface area contributed by atoms with Crippen LogP contribution in [-0.4, -0.2) is 37.9 Å². The highest BCUT2D eigenvalue weighted by Crippen LogP contribution is 2.26. The van der Waals surface area contributed by atoms with E-state index in [1.165, 1.54) is 12.1 Å². The van der Waals surface area contributed by atoms with Crippen molar-refractivity contribution in [1.29, 1.82) is 0 Å². The first-order valence-corrected chi connectivity index (χ1v) is 11.5. The molecule has 0 N–H and O–H groups in total.